The topological polar surface area (TPSA) is 40.5 Å². The summed E-state index contributed by atoms with van der Waals surface area (Å²) in [5, 5.41) is 5.75. The minimum atomic E-state index is -0.853. The first-order chi connectivity index (χ1) is 11.2. The Morgan fingerprint density at radius 2 is 1.91 bits per heavy atom. The molecule has 1 saturated heterocycles. The molecule has 0 radical (unpaired) electrons. The predicted octanol–water partition coefficient (Wildman–Crippen LogP) is 0.725. The van der Waals surface area contributed by atoms with Gasteiger partial charge in [0.25, 0.3) is 0 Å². The molecule has 23 heavy (non-hydrogen) atoms. The van der Waals surface area contributed by atoms with Gasteiger partial charge in [0.1, 0.15) is 5.36 Å². The highest BCUT2D eigenvalue weighted by Crippen LogP contribution is 2.36. The third kappa shape index (κ3) is 2.05. The number of benzene rings is 1. The van der Waals surface area contributed by atoms with E-state index < -0.39 is 11.6 Å². The fraction of sp³-hybridized carbons (Fsp3) is 0.412. The number of hydrogen-bond acceptors (Lipinski definition) is 4. The van der Waals surface area contributed by atoms with Crippen LogP contribution in [0.2, 0.25) is 0 Å². The summed E-state index contributed by atoms with van der Waals surface area (Å²) in [6.07, 6.45) is 3.21. The Bertz CT molecular complexity index is 934. The van der Waals surface area contributed by atoms with E-state index in [1.165, 1.54) is 12.1 Å². The maximum atomic E-state index is 13.7. The van der Waals surface area contributed by atoms with Gasteiger partial charge in [-0.25, -0.2) is 13.8 Å². The van der Waals surface area contributed by atoms with Gasteiger partial charge < -0.3 is 10.2 Å². The third-order valence-corrected chi connectivity index (χ3v) is 4.92. The van der Waals surface area contributed by atoms with Crippen LogP contribution in [-0.2, 0) is 0 Å². The molecule has 0 amide bonds. The first-order valence-corrected chi connectivity index (χ1v) is 8.05. The molecule has 0 bridgehead atoms. The van der Waals surface area contributed by atoms with E-state index in [2.05, 4.69) is 21.3 Å². The number of aromatic nitrogens is 1. The van der Waals surface area contributed by atoms with Gasteiger partial charge in [0, 0.05) is 48.8 Å². The van der Waals surface area contributed by atoms with E-state index in [0.29, 0.717) is 22.9 Å². The molecular weight excluding hydrogens is 298 g/mol. The molecule has 3 aliphatic rings. The molecule has 2 fully saturated rings. The normalized spacial score (nSPS) is 25.4. The lowest BCUT2D eigenvalue weighted by Crippen LogP contribution is -2.48. The van der Waals surface area contributed by atoms with Gasteiger partial charge in [-0.2, -0.15) is 0 Å². The second-order valence-electron chi connectivity index (χ2n) is 6.48. The molecule has 1 aromatic carbocycles. The van der Waals surface area contributed by atoms with Gasteiger partial charge in [-0.1, -0.05) is 6.08 Å². The van der Waals surface area contributed by atoms with Gasteiger partial charge in [0.05, 0.1) is 11.6 Å². The first kappa shape index (κ1) is 13.4. The van der Waals surface area contributed by atoms with Crippen LogP contribution in [0.15, 0.2) is 17.1 Å². The summed E-state index contributed by atoms with van der Waals surface area (Å²) in [6, 6.07) is 2.80. The molecule has 1 aromatic heterocycles. The van der Waals surface area contributed by atoms with E-state index >= 15 is 0 Å². The average Bonchev–Trinajstić information content (AvgIpc) is 3.33. The van der Waals surface area contributed by atoms with Crippen LogP contribution in [0.5, 0.6) is 0 Å². The summed E-state index contributed by atoms with van der Waals surface area (Å²) in [4.78, 5) is 11.7. The molecule has 118 valence electrons. The highest BCUT2D eigenvalue weighted by Gasteiger charge is 2.37. The largest absolute Gasteiger partial charge is 0.352 e. The summed E-state index contributed by atoms with van der Waals surface area (Å²) in [7, 11) is 0. The van der Waals surface area contributed by atoms with Crippen LogP contribution in [0.3, 0.4) is 0 Å². The van der Waals surface area contributed by atoms with E-state index in [-0.39, 0.29) is 0 Å². The van der Waals surface area contributed by atoms with Crippen LogP contribution in [0.1, 0.15) is 6.42 Å². The Labute approximate surface area is 131 Å². The minimum absolute atomic E-state index is 0.341. The molecule has 1 N–H and O–H groups in total. The standard InChI is InChI=1S/C17H16F2N4/c18-12-7-10-11-5-9-6-14(9)21-16(11)17(22-15(10)8-13(12)19)23-3-1-20-2-4-23/h5,7-9,14,20H,1-4,6H2/t9?,14-/m1/s1. The summed E-state index contributed by atoms with van der Waals surface area (Å²) >= 11 is 0. The van der Waals surface area contributed by atoms with Crippen molar-refractivity contribution in [3.8, 4) is 0 Å². The van der Waals surface area contributed by atoms with E-state index in [0.717, 1.165) is 49.0 Å². The predicted molar refractivity (Wildman–Crippen MR) is 83.9 cm³/mol. The summed E-state index contributed by atoms with van der Waals surface area (Å²) < 4.78 is 27.4. The maximum absolute atomic E-state index is 13.7. The molecule has 1 aliphatic carbocycles. The molecule has 2 atom stereocenters. The highest BCUT2D eigenvalue weighted by atomic mass is 19.2. The number of fused-ring (bicyclic) bond motifs is 4. The molecular formula is C17H16F2N4. The number of nitrogens with zero attached hydrogens (tertiary/aromatic N) is 3. The van der Waals surface area contributed by atoms with E-state index in [1.54, 1.807) is 0 Å². The Morgan fingerprint density at radius 1 is 1.13 bits per heavy atom. The SMILES string of the molecule is Fc1cc2nc(N3CCNCC3)c3c(c2cc1F)=CC1C[C@H]1N=3. The fourth-order valence-corrected chi connectivity index (χ4v) is 3.56. The van der Waals surface area contributed by atoms with Crippen molar-refractivity contribution >= 4 is 22.8 Å². The Hall–Kier alpha value is -2.08. The lowest BCUT2D eigenvalue weighted by Gasteiger charge is -2.29. The minimum Gasteiger partial charge on any atom is -0.352 e. The Morgan fingerprint density at radius 3 is 2.74 bits per heavy atom. The zero-order valence-corrected chi connectivity index (χ0v) is 12.5. The Balaban J connectivity index is 1.84. The van der Waals surface area contributed by atoms with Crippen molar-refractivity contribution in [1.82, 2.24) is 10.3 Å². The number of halogens is 2. The molecule has 5 rings (SSSR count). The lowest BCUT2D eigenvalue weighted by atomic mass is 10.1. The molecule has 2 aromatic rings. The second-order valence-corrected chi connectivity index (χ2v) is 6.48. The van der Waals surface area contributed by atoms with Crippen LogP contribution < -0.4 is 20.8 Å². The van der Waals surface area contributed by atoms with Crippen molar-refractivity contribution in [3.63, 3.8) is 0 Å². The van der Waals surface area contributed by atoms with Crippen molar-refractivity contribution in [2.24, 2.45) is 10.9 Å². The molecule has 1 saturated carbocycles. The highest BCUT2D eigenvalue weighted by molar-refractivity contribution is 5.82. The quantitative estimate of drug-likeness (QED) is 0.843. The van der Waals surface area contributed by atoms with E-state index in [9.17, 15) is 8.78 Å². The van der Waals surface area contributed by atoms with Crippen molar-refractivity contribution in [3.05, 3.63) is 34.3 Å². The molecule has 0 spiro atoms. The molecule has 4 nitrogen and oxygen atoms in total. The van der Waals surface area contributed by atoms with Gasteiger partial charge in [-0.3, -0.25) is 4.99 Å². The third-order valence-electron chi connectivity index (χ3n) is 4.92. The molecule has 1 unspecified atom stereocenters. The average molecular weight is 314 g/mol. The van der Waals surface area contributed by atoms with Gasteiger partial charge in [-0.15, -0.1) is 0 Å². The summed E-state index contributed by atoms with van der Waals surface area (Å²) in [6.45, 7) is 3.47. The second kappa shape index (κ2) is 4.71. The molecule has 3 heterocycles. The van der Waals surface area contributed by atoms with Gasteiger partial charge >= 0.3 is 0 Å². The van der Waals surface area contributed by atoms with Crippen LogP contribution in [0, 0.1) is 17.6 Å². The molecule has 2 aliphatic heterocycles. The van der Waals surface area contributed by atoms with Crippen molar-refractivity contribution < 1.29 is 8.78 Å². The lowest BCUT2D eigenvalue weighted by molar-refractivity contribution is 0.510. The number of hydrogen-bond donors (Lipinski definition) is 1. The zero-order chi connectivity index (χ0) is 15.6. The van der Waals surface area contributed by atoms with Crippen molar-refractivity contribution in [1.29, 1.82) is 0 Å². The first-order valence-electron chi connectivity index (χ1n) is 8.05. The molecule has 6 heteroatoms. The van der Waals surface area contributed by atoms with Crippen molar-refractivity contribution in [2.75, 3.05) is 31.1 Å². The summed E-state index contributed by atoms with van der Waals surface area (Å²) in [5.41, 5.74) is 0.502. The Kier molecular flexibility index (Phi) is 2.74. The number of pyridine rings is 1. The smallest absolute Gasteiger partial charge is 0.161 e. The van der Waals surface area contributed by atoms with Gasteiger partial charge in [0.2, 0.25) is 0 Å². The van der Waals surface area contributed by atoms with E-state index in [1.807, 2.05) is 0 Å². The van der Waals surface area contributed by atoms with Gasteiger partial charge in [0.15, 0.2) is 17.5 Å². The van der Waals surface area contributed by atoms with Crippen LogP contribution in [0.4, 0.5) is 14.6 Å². The van der Waals surface area contributed by atoms with Crippen LogP contribution in [-0.4, -0.2) is 37.2 Å². The number of nitrogens with one attached hydrogen (secondary N) is 1. The van der Waals surface area contributed by atoms with Gasteiger partial charge in [-0.05, 0) is 12.5 Å². The van der Waals surface area contributed by atoms with E-state index in [4.69, 9.17) is 4.99 Å². The zero-order valence-electron chi connectivity index (χ0n) is 12.5. The van der Waals surface area contributed by atoms with Crippen LogP contribution in [0.25, 0.3) is 17.0 Å². The number of rotatable bonds is 1. The maximum Gasteiger partial charge on any atom is 0.161 e. The number of anilines is 1. The number of piperazine rings is 1. The monoisotopic (exact) mass is 314 g/mol. The van der Waals surface area contributed by atoms with Crippen molar-refractivity contribution in [2.45, 2.75) is 12.5 Å². The fourth-order valence-electron chi connectivity index (χ4n) is 3.56. The van der Waals surface area contributed by atoms with Crippen LogP contribution >= 0.6 is 0 Å². The summed E-state index contributed by atoms with van der Waals surface area (Å²) in [5.74, 6) is -0.435.